The first-order valence-corrected chi connectivity index (χ1v) is 8.22. The fourth-order valence-electron chi connectivity index (χ4n) is 2.31. The lowest BCUT2D eigenvalue weighted by Crippen LogP contribution is -2.26. The first-order valence-electron chi connectivity index (χ1n) is 7.40. The van der Waals surface area contributed by atoms with Crippen LogP contribution in [0, 0.1) is 13.8 Å². The third kappa shape index (κ3) is 4.13. The molecule has 0 spiro atoms. The van der Waals surface area contributed by atoms with E-state index in [0.717, 1.165) is 18.0 Å². The molecule has 1 aromatic heterocycles. The van der Waals surface area contributed by atoms with E-state index in [1.165, 1.54) is 21.7 Å². The van der Waals surface area contributed by atoms with Crippen LogP contribution in [0.25, 0.3) is 0 Å². The Morgan fingerprint density at radius 2 is 1.95 bits per heavy atom. The first-order chi connectivity index (χ1) is 10.2. The molecular weight excluding hydrogens is 280 g/mol. The number of hydrogen-bond acceptors (Lipinski definition) is 4. The van der Waals surface area contributed by atoms with Gasteiger partial charge in [0.2, 0.25) is 0 Å². The molecule has 0 radical (unpaired) electrons. The van der Waals surface area contributed by atoms with E-state index in [1.54, 1.807) is 18.4 Å². The molecule has 4 heteroatoms. The number of nitrogens with zero attached hydrogens (tertiary/aromatic N) is 1. The molecule has 3 nitrogen and oxygen atoms in total. The van der Waals surface area contributed by atoms with Crippen LogP contribution in [-0.2, 0) is 11.2 Å². The third-order valence-electron chi connectivity index (χ3n) is 3.56. The Morgan fingerprint density at radius 1 is 1.24 bits per heavy atom. The maximum Gasteiger partial charge on any atom is 0.115 e. The minimum atomic E-state index is 0.143. The summed E-state index contributed by atoms with van der Waals surface area (Å²) in [7, 11) is 1.73. The third-order valence-corrected chi connectivity index (χ3v) is 4.63. The van der Waals surface area contributed by atoms with Gasteiger partial charge in [0.05, 0.1) is 18.3 Å². The zero-order valence-electron chi connectivity index (χ0n) is 13.3. The van der Waals surface area contributed by atoms with Crippen LogP contribution in [0.2, 0.25) is 0 Å². The lowest BCUT2D eigenvalue weighted by Gasteiger charge is -2.17. The van der Waals surface area contributed by atoms with Gasteiger partial charge in [-0.05, 0) is 25.8 Å². The van der Waals surface area contributed by atoms with Gasteiger partial charge >= 0.3 is 0 Å². The van der Waals surface area contributed by atoms with Gasteiger partial charge < -0.3 is 10.1 Å². The van der Waals surface area contributed by atoms with Crippen LogP contribution in [0.3, 0.4) is 0 Å². The minimum Gasteiger partial charge on any atom is -0.383 e. The molecule has 114 valence electrons. The summed E-state index contributed by atoms with van der Waals surface area (Å²) in [6.07, 6.45) is 0.987. The van der Waals surface area contributed by atoms with Crippen LogP contribution < -0.4 is 5.32 Å². The van der Waals surface area contributed by atoms with Crippen LogP contribution in [0.4, 0.5) is 0 Å². The van der Waals surface area contributed by atoms with Crippen LogP contribution in [-0.4, -0.2) is 25.2 Å². The average molecular weight is 304 g/mol. The second-order valence-electron chi connectivity index (χ2n) is 5.20. The molecule has 0 aliphatic rings. The standard InChI is InChI=1S/C17H24N2OS/c1-5-15-13(3)21-17(19-15)16(18-10-11-20-4)14-8-6-12(2)7-9-14/h6-9,16,18H,5,10-11H2,1-4H3. The van der Waals surface area contributed by atoms with Crippen LogP contribution >= 0.6 is 11.3 Å². The number of aryl methyl sites for hydroxylation is 3. The van der Waals surface area contributed by atoms with E-state index in [2.05, 4.69) is 50.4 Å². The van der Waals surface area contributed by atoms with Crippen molar-refractivity contribution in [3.05, 3.63) is 51.0 Å². The molecule has 1 N–H and O–H groups in total. The van der Waals surface area contributed by atoms with E-state index in [-0.39, 0.29) is 6.04 Å². The van der Waals surface area contributed by atoms with E-state index < -0.39 is 0 Å². The predicted molar refractivity (Wildman–Crippen MR) is 89.1 cm³/mol. The highest BCUT2D eigenvalue weighted by Crippen LogP contribution is 2.28. The second kappa shape index (κ2) is 7.69. The SMILES string of the molecule is CCc1nc(C(NCCOC)c2ccc(C)cc2)sc1C. The van der Waals surface area contributed by atoms with E-state index in [4.69, 9.17) is 9.72 Å². The fraction of sp³-hybridized carbons (Fsp3) is 0.471. The highest BCUT2D eigenvalue weighted by atomic mass is 32.1. The monoisotopic (exact) mass is 304 g/mol. The molecule has 0 amide bonds. The highest BCUT2D eigenvalue weighted by Gasteiger charge is 2.18. The van der Waals surface area contributed by atoms with Crippen molar-refractivity contribution in [2.45, 2.75) is 33.2 Å². The normalized spacial score (nSPS) is 12.6. The Balaban J connectivity index is 2.27. The summed E-state index contributed by atoms with van der Waals surface area (Å²) in [6.45, 7) is 7.94. The van der Waals surface area contributed by atoms with Gasteiger partial charge in [0.15, 0.2) is 0 Å². The van der Waals surface area contributed by atoms with Crippen molar-refractivity contribution >= 4 is 11.3 Å². The smallest absolute Gasteiger partial charge is 0.115 e. The molecule has 21 heavy (non-hydrogen) atoms. The molecule has 1 heterocycles. The van der Waals surface area contributed by atoms with Crippen molar-refractivity contribution in [1.82, 2.24) is 10.3 Å². The van der Waals surface area contributed by atoms with Gasteiger partial charge in [-0.3, -0.25) is 0 Å². The Morgan fingerprint density at radius 3 is 2.52 bits per heavy atom. The van der Waals surface area contributed by atoms with E-state index >= 15 is 0 Å². The van der Waals surface area contributed by atoms with Crippen molar-refractivity contribution in [1.29, 1.82) is 0 Å². The fourth-order valence-corrected chi connectivity index (χ4v) is 3.43. The molecule has 0 bridgehead atoms. The van der Waals surface area contributed by atoms with E-state index in [1.807, 2.05) is 0 Å². The summed E-state index contributed by atoms with van der Waals surface area (Å²) in [4.78, 5) is 6.14. The zero-order chi connectivity index (χ0) is 15.2. The van der Waals surface area contributed by atoms with Gasteiger partial charge in [-0.25, -0.2) is 4.98 Å². The van der Waals surface area contributed by atoms with Gasteiger partial charge in [-0.15, -0.1) is 11.3 Å². The number of rotatable bonds is 7. The molecule has 2 rings (SSSR count). The first kappa shape index (κ1) is 16.1. The summed E-state index contributed by atoms with van der Waals surface area (Å²) in [5, 5.41) is 4.70. The summed E-state index contributed by atoms with van der Waals surface area (Å²) >= 11 is 1.79. The molecule has 1 unspecified atom stereocenters. The predicted octanol–water partition coefficient (Wildman–Crippen LogP) is 3.65. The Labute approximate surface area is 131 Å². The van der Waals surface area contributed by atoms with Crippen LogP contribution in [0.5, 0.6) is 0 Å². The van der Waals surface area contributed by atoms with Gasteiger partial charge in [0.25, 0.3) is 0 Å². The van der Waals surface area contributed by atoms with Crippen LogP contribution in [0.15, 0.2) is 24.3 Å². The van der Waals surface area contributed by atoms with E-state index in [0.29, 0.717) is 6.61 Å². The van der Waals surface area contributed by atoms with Crippen molar-refractivity contribution in [2.75, 3.05) is 20.3 Å². The number of aromatic nitrogens is 1. The number of methoxy groups -OCH3 is 1. The molecule has 2 aromatic rings. The lowest BCUT2D eigenvalue weighted by atomic mass is 10.1. The van der Waals surface area contributed by atoms with Gasteiger partial charge in [0.1, 0.15) is 5.01 Å². The molecule has 0 aliphatic carbocycles. The minimum absolute atomic E-state index is 0.143. The van der Waals surface area contributed by atoms with Crippen LogP contribution in [0.1, 0.15) is 39.7 Å². The lowest BCUT2D eigenvalue weighted by molar-refractivity contribution is 0.197. The summed E-state index contributed by atoms with van der Waals surface area (Å²) < 4.78 is 5.15. The molecule has 0 saturated carbocycles. The number of hydrogen-bond donors (Lipinski definition) is 1. The molecule has 0 aliphatic heterocycles. The quantitative estimate of drug-likeness (QED) is 0.793. The second-order valence-corrected chi connectivity index (χ2v) is 6.43. The molecule has 1 aromatic carbocycles. The number of ether oxygens (including phenoxy) is 1. The Bertz CT molecular complexity index is 563. The van der Waals surface area contributed by atoms with Crippen molar-refractivity contribution < 1.29 is 4.74 Å². The van der Waals surface area contributed by atoms with Crippen molar-refractivity contribution in [3.8, 4) is 0 Å². The largest absolute Gasteiger partial charge is 0.383 e. The maximum absolute atomic E-state index is 5.15. The van der Waals surface area contributed by atoms with Gasteiger partial charge in [0, 0.05) is 18.5 Å². The summed E-state index contributed by atoms with van der Waals surface area (Å²) in [5.74, 6) is 0. The Hall–Kier alpha value is -1.23. The topological polar surface area (TPSA) is 34.2 Å². The zero-order valence-corrected chi connectivity index (χ0v) is 14.1. The maximum atomic E-state index is 5.15. The molecular formula is C17H24N2OS. The summed E-state index contributed by atoms with van der Waals surface area (Å²) in [6, 6.07) is 8.82. The number of benzene rings is 1. The molecule has 0 fully saturated rings. The molecule has 0 saturated heterocycles. The Kier molecular flexibility index (Phi) is 5.91. The van der Waals surface area contributed by atoms with Gasteiger partial charge in [-0.1, -0.05) is 36.8 Å². The van der Waals surface area contributed by atoms with Gasteiger partial charge in [-0.2, -0.15) is 0 Å². The number of nitrogens with one attached hydrogen (secondary N) is 1. The van der Waals surface area contributed by atoms with Crippen molar-refractivity contribution in [2.24, 2.45) is 0 Å². The van der Waals surface area contributed by atoms with E-state index in [9.17, 15) is 0 Å². The average Bonchev–Trinajstić information content (AvgIpc) is 2.86. The van der Waals surface area contributed by atoms with Crippen molar-refractivity contribution in [3.63, 3.8) is 0 Å². The summed E-state index contributed by atoms with van der Waals surface area (Å²) in [5.41, 5.74) is 3.74. The molecule has 1 atom stereocenters. The highest BCUT2D eigenvalue weighted by molar-refractivity contribution is 7.11. The number of thiazole rings is 1.